The van der Waals surface area contributed by atoms with Gasteiger partial charge in [-0.2, -0.15) is 0 Å². The van der Waals surface area contributed by atoms with Crippen LogP contribution in [0.4, 0.5) is 5.13 Å². The van der Waals surface area contributed by atoms with Crippen LogP contribution >= 0.6 is 38.9 Å². The van der Waals surface area contributed by atoms with E-state index >= 15 is 0 Å². The molecule has 0 fully saturated rings. The zero-order chi connectivity index (χ0) is 12.7. The Bertz CT molecular complexity index is 597. The first-order valence-electron chi connectivity index (χ1n) is 5.85. The summed E-state index contributed by atoms with van der Waals surface area (Å²) in [6, 6.07) is 5.96. The second kappa shape index (κ2) is 4.83. The van der Waals surface area contributed by atoms with Gasteiger partial charge in [-0.05, 0) is 43.0 Å². The summed E-state index contributed by atoms with van der Waals surface area (Å²) in [5, 5.41) is 1.45. The summed E-state index contributed by atoms with van der Waals surface area (Å²) in [7, 11) is 0. The maximum absolute atomic E-state index is 6.11. The Hall–Kier alpha value is -0.580. The maximum atomic E-state index is 6.11. The number of fused-ring (bicyclic) bond motifs is 1. The van der Waals surface area contributed by atoms with Crippen LogP contribution in [-0.4, -0.2) is 4.98 Å². The molecule has 1 aromatic heterocycles. The second-order valence-corrected chi connectivity index (χ2v) is 6.83. The number of nitrogens with zero attached hydrogens (tertiary/aromatic N) is 1. The lowest BCUT2D eigenvalue weighted by Crippen LogP contribution is -2.09. The van der Waals surface area contributed by atoms with Crippen LogP contribution in [0.2, 0.25) is 5.02 Å². The van der Waals surface area contributed by atoms with Crippen LogP contribution in [0, 0.1) is 0 Å². The number of hydrogen-bond donors (Lipinski definition) is 1. The van der Waals surface area contributed by atoms with E-state index in [0.717, 1.165) is 28.8 Å². The second-order valence-electron chi connectivity index (χ2n) is 4.47. The summed E-state index contributed by atoms with van der Waals surface area (Å²) in [6.45, 7) is 0. The molecule has 0 radical (unpaired) electrons. The van der Waals surface area contributed by atoms with Gasteiger partial charge in [0, 0.05) is 20.3 Å². The number of halogens is 2. The minimum Gasteiger partial charge on any atom is -0.375 e. The van der Waals surface area contributed by atoms with Crippen molar-refractivity contribution in [2.75, 3.05) is 5.73 Å². The van der Waals surface area contributed by atoms with Crippen molar-refractivity contribution in [3.05, 3.63) is 43.8 Å². The molecule has 1 aromatic carbocycles. The maximum Gasteiger partial charge on any atom is 0.180 e. The highest BCUT2D eigenvalue weighted by atomic mass is 79.9. The van der Waals surface area contributed by atoms with Gasteiger partial charge in [-0.1, -0.05) is 27.5 Å². The molecule has 1 unspecified atom stereocenters. The van der Waals surface area contributed by atoms with Crippen molar-refractivity contribution in [1.82, 2.24) is 4.98 Å². The van der Waals surface area contributed by atoms with Gasteiger partial charge in [-0.25, -0.2) is 4.98 Å². The van der Waals surface area contributed by atoms with Crippen molar-refractivity contribution in [2.24, 2.45) is 0 Å². The van der Waals surface area contributed by atoms with Crippen molar-refractivity contribution >= 4 is 44.0 Å². The van der Waals surface area contributed by atoms with Gasteiger partial charge in [0.1, 0.15) is 0 Å². The smallest absolute Gasteiger partial charge is 0.180 e. The standard InChI is InChI=1S/C13H12BrClN2S/c14-10-5-4-7(15)6-9(10)8-2-1-3-11-12(8)18-13(16)17-11/h4-6,8H,1-3H2,(H2,16,17). The van der Waals surface area contributed by atoms with E-state index in [1.54, 1.807) is 11.3 Å². The highest BCUT2D eigenvalue weighted by molar-refractivity contribution is 9.10. The fourth-order valence-electron chi connectivity index (χ4n) is 2.52. The van der Waals surface area contributed by atoms with Crippen LogP contribution in [-0.2, 0) is 6.42 Å². The molecule has 1 atom stereocenters. The summed E-state index contributed by atoms with van der Waals surface area (Å²) in [5.41, 5.74) is 8.25. The Morgan fingerprint density at radius 1 is 1.44 bits per heavy atom. The van der Waals surface area contributed by atoms with Gasteiger partial charge in [0.2, 0.25) is 0 Å². The van der Waals surface area contributed by atoms with Crippen molar-refractivity contribution in [2.45, 2.75) is 25.2 Å². The monoisotopic (exact) mass is 342 g/mol. The van der Waals surface area contributed by atoms with Crippen LogP contribution in [0.3, 0.4) is 0 Å². The molecule has 0 saturated carbocycles. The summed E-state index contributed by atoms with van der Waals surface area (Å²) in [6.07, 6.45) is 3.32. The molecule has 1 aliphatic rings. The fourth-order valence-corrected chi connectivity index (χ4v) is 4.25. The summed E-state index contributed by atoms with van der Waals surface area (Å²) in [5.74, 6) is 0.372. The average molecular weight is 344 g/mol. The predicted octanol–water partition coefficient (Wildman–Crippen LogP) is 4.61. The highest BCUT2D eigenvalue weighted by Crippen LogP contribution is 2.43. The van der Waals surface area contributed by atoms with Crippen LogP contribution in [0.1, 0.15) is 34.9 Å². The number of thiazole rings is 1. The molecule has 2 aromatic rings. The van der Waals surface area contributed by atoms with E-state index in [1.807, 2.05) is 18.2 Å². The predicted molar refractivity (Wildman–Crippen MR) is 80.5 cm³/mol. The highest BCUT2D eigenvalue weighted by Gasteiger charge is 2.26. The molecule has 0 aliphatic heterocycles. The van der Waals surface area contributed by atoms with Crippen molar-refractivity contribution in [1.29, 1.82) is 0 Å². The number of hydrogen-bond acceptors (Lipinski definition) is 3. The lowest BCUT2D eigenvalue weighted by atomic mass is 9.86. The number of nitrogen functional groups attached to an aromatic ring is 1. The van der Waals surface area contributed by atoms with Gasteiger partial charge < -0.3 is 5.73 Å². The summed E-state index contributed by atoms with van der Waals surface area (Å²) in [4.78, 5) is 5.73. The van der Waals surface area contributed by atoms with Gasteiger partial charge >= 0.3 is 0 Å². The van der Waals surface area contributed by atoms with Crippen LogP contribution in [0.5, 0.6) is 0 Å². The normalized spacial score (nSPS) is 18.7. The minimum absolute atomic E-state index is 0.372. The fraction of sp³-hybridized carbons (Fsp3) is 0.308. The lowest BCUT2D eigenvalue weighted by molar-refractivity contribution is 0.616. The number of aromatic nitrogens is 1. The zero-order valence-electron chi connectivity index (χ0n) is 9.62. The van der Waals surface area contributed by atoms with Crippen LogP contribution in [0.15, 0.2) is 22.7 Å². The Morgan fingerprint density at radius 2 is 2.28 bits per heavy atom. The largest absolute Gasteiger partial charge is 0.375 e. The van der Waals surface area contributed by atoms with Gasteiger partial charge in [0.05, 0.1) is 5.69 Å². The molecule has 2 N–H and O–H groups in total. The minimum atomic E-state index is 0.372. The molecule has 1 aliphatic carbocycles. The molecule has 94 valence electrons. The van der Waals surface area contributed by atoms with Crippen molar-refractivity contribution < 1.29 is 0 Å². The molecule has 3 rings (SSSR count). The molecule has 0 amide bonds. The van der Waals surface area contributed by atoms with Gasteiger partial charge in [0.25, 0.3) is 0 Å². The average Bonchev–Trinajstić information content (AvgIpc) is 2.72. The number of aryl methyl sites for hydroxylation is 1. The summed E-state index contributed by atoms with van der Waals surface area (Å²) < 4.78 is 1.11. The molecule has 0 saturated heterocycles. The third-order valence-electron chi connectivity index (χ3n) is 3.30. The van der Waals surface area contributed by atoms with Gasteiger partial charge in [0.15, 0.2) is 5.13 Å². The van der Waals surface area contributed by atoms with Crippen molar-refractivity contribution in [3.8, 4) is 0 Å². The molecular formula is C13H12BrClN2S. The van der Waals surface area contributed by atoms with Crippen molar-refractivity contribution in [3.63, 3.8) is 0 Å². The van der Waals surface area contributed by atoms with E-state index in [1.165, 1.54) is 16.1 Å². The lowest BCUT2D eigenvalue weighted by Gasteiger charge is -2.22. The van der Waals surface area contributed by atoms with E-state index < -0.39 is 0 Å². The Labute approximate surface area is 123 Å². The molecule has 5 heteroatoms. The molecular weight excluding hydrogens is 332 g/mol. The quantitative estimate of drug-likeness (QED) is 0.821. The Kier molecular flexibility index (Phi) is 3.34. The first-order valence-corrected chi connectivity index (χ1v) is 7.84. The molecule has 2 nitrogen and oxygen atoms in total. The van der Waals surface area contributed by atoms with Crippen LogP contribution in [0.25, 0.3) is 0 Å². The number of nitrogens with two attached hydrogens (primary N) is 1. The molecule has 0 spiro atoms. The third-order valence-corrected chi connectivity index (χ3v) is 5.30. The van der Waals surface area contributed by atoms with Gasteiger partial charge in [-0.3, -0.25) is 0 Å². The Balaban J connectivity index is 2.10. The first-order chi connectivity index (χ1) is 8.65. The molecule has 0 bridgehead atoms. The van der Waals surface area contributed by atoms with E-state index in [4.69, 9.17) is 17.3 Å². The Morgan fingerprint density at radius 3 is 3.11 bits per heavy atom. The van der Waals surface area contributed by atoms with Crippen LogP contribution < -0.4 is 5.73 Å². The van der Waals surface area contributed by atoms with Gasteiger partial charge in [-0.15, -0.1) is 11.3 Å². The van der Waals surface area contributed by atoms with E-state index in [-0.39, 0.29) is 0 Å². The first kappa shape index (κ1) is 12.5. The van der Waals surface area contributed by atoms with E-state index in [9.17, 15) is 0 Å². The van der Waals surface area contributed by atoms with E-state index in [2.05, 4.69) is 20.9 Å². The number of anilines is 1. The molecule has 18 heavy (non-hydrogen) atoms. The van der Waals surface area contributed by atoms with E-state index in [0.29, 0.717) is 11.0 Å². The molecule has 1 heterocycles. The summed E-state index contributed by atoms with van der Waals surface area (Å²) >= 11 is 11.3. The topological polar surface area (TPSA) is 38.9 Å². The third kappa shape index (κ3) is 2.17. The zero-order valence-corrected chi connectivity index (χ0v) is 12.8. The SMILES string of the molecule is Nc1nc2c(s1)C(c1cc(Cl)ccc1Br)CCC2. The number of benzene rings is 1. The number of rotatable bonds is 1.